The molecule has 1 unspecified atom stereocenters. The minimum absolute atomic E-state index is 0.124. The highest BCUT2D eigenvalue weighted by Crippen LogP contribution is 2.24. The fraction of sp³-hybridized carbons (Fsp3) is 0.632. The Balaban J connectivity index is 1.78. The maximum Gasteiger partial charge on any atom is 0.407 e. The zero-order valence-corrected chi connectivity index (χ0v) is 18.3. The minimum atomic E-state index is -0.562. The second kappa shape index (κ2) is 9.45. The van der Waals surface area contributed by atoms with Gasteiger partial charge in [-0.25, -0.2) is 4.79 Å². The Labute approximate surface area is 173 Å². The van der Waals surface area contributed by atoms with Crippen LogP contribution in [0.25, 0.3) is 0 Å². The summed E-state index contributed by atoms with van der Waals surface area (Å²) in [4.78, 5) is 38.3. The molecule has 2 heterocycles. The van der Waals surface area contributed by atoms with Crippen LogP contribution < -0.4 is 10.6 Å². The molecule has 0 aromatic carbocycles. The van der Waals surface area contributed by atoms with Crippen LogP contribution in [0.3, 0.4) is 0 Å². The molecule has 2 N–H and O–H groups in total. The molecular formula is C19H28BrN3O5. The Hall–Kier alpha value is -2.03. The Morgan fingerprint density at radius 1 is 1.29 bits per heavy atom. The van der Waals surface area contributed by atoms with Gasteiger partial charge < -0.3 is 24.7 Å². The van der Waals surface area contributed by atoms with E-state index in [1.54, 1.807) is 31.7 Å². The first-order chi connectivity index (χ1) is 13.1. The number of likely N-dealkylation sites (tertiary alicyclic amines) is 1. The van der Waals surface area contributed by atoms with Gasteiger partial charge in [-0.2, -0.15) is 0 Å². The standard InChI is InChI=1S/C19H28BrN3O5/c1-12-10-14(20)27-15(12)17(25)23-9-5-6-13(11-23)16(24)21-7-8-22-18(26)28-19(2,3)4/h10,13H,5-9,11H2,1-4H3,(H,21,24)(H,22,26). The number of halogens is 1. The van der Waals surface area contributed by atoms with Crippen molar-refractivity contribution < 1.29 is 23.5 Å². The van der Waals surface area contributed by atoms with Gasteiger partial charge in [-0.3, -0.25) is 9.59 Å². The molecule has 1 fully saturated rings. The normalized spacial score (nSPS) is 17.2. The third kappa shape index (κ3) is 6.54. The van der Waals surface area contributed by atoms with Crippen molar-refractivity contribution in [1.82, 2.24) is 15.5 Å². The summed E-state index contributed by atoms with van der Waals surface area (Å²) >= 11 is 3.23. The molecule has 2 rings (SSSR count). The molecule has 0 saturated carbocycles. The number of amides is 3. The summed E-state index contributed by atoms with van der Waals surface area (Å²) in [5.74, 6) is -0.305. The summed E-state index contributed by atoms with van der Waals surface area (Å²) in [6.45, 7) is 8.69. The van der Waals surface area contributed by atoms with Gasteiger partial charge in [0.05, 0.1) is 5.92 Å². The molecule has 156 valence electrons. The van der Waals surface area contributed by atoms with Crippen LogP contribution in [-0.4, -0.2) is 54.6 Å². The summed E-state index contributed by atoms with van der Waals surface area (Å²) < 4.78 is 11.1. The summed E-state index contributed by atoms with van der Waals surface area (Å²) in [5, 5.41) is 5.40. The van der Waals surface area contributed by atoms with Gasteiger partial charge >= 0.3 is 6.09 Å². The van der Waals surface area contributed by atoms with E-state index >= 15 is 0 Å². The molecule has 1 aromatic rings. The highest BCUT2D eigenvalue weighted by molar-refractivity contribution is 9.10. The Morgan fingerprint density at radius 3 is 2.57 bits per heavy atom. The number of rotatable bonds is 5. The zero-order valence-electron chi connectivity index (χ0n) is 16.8. The van der Waals surface area contributed by atoms with Gasteiger partial charge in [-0.15, -0.1) is 0 Å². The zero-order chi connectivity index (χ0) is 20.9. The number of carbonyl (C=O) groups excluding carboxylic acids is 3. The van der Waals surface area contributed by atoms with Gasteiger partial charge in [0.25, 0.3) is 5.91 Å². The number of carbonyl (C=O) groups is 3. The van der Waals surface area contributed by atoms with E-state index in [0.717, 1.165) is 18.4 Å². The van der Waals surface area contributed by atoms with Crippen LogP contribution in [0.1, 0.15) is 49.7 Å². The first kappa shape index (κ1) is 22.3. The number of alkyl carbamates (subject to hydrolysis) is 1. The van der Waals surface area contributed by atoms with E-state index < -0.39 is 11.7 Å². The smallest absolute Gasteiger partial charge is 0.407 e. The molecular weight excluding hydrogens is 430 g/mol. The summed E-state index contributed by atoms with van der Waals surface area (Å²) in [7, 11) is 0. The van der Waals surface area contributed by atoms with Crippen LogP contribution in [0, 0.1) is 12.8 Å². The Kier molecular flexibility index (Phi) is 7.51. The number of hydrogen-bond acceptors (Lipinski definition) is 5. The monoisotopic (exact) mass is 457 g/mol. The second-order valence-electron chi connectivity index (χ2n) is 7.87. The lowest BCUT2D eigenvalue weighted by atomic mass is 9.96. The molecule has 3 amide bonds. The third-order valence-corrected chi connectivity index (χ3v) is 4.64. The molecule has 1 aliphatic heterocycles. The SMILES string of the molecule is Cc1cc(Br)oc1C(=O)N1CCCC(C(=O)NCCNC(=O)OC(C)(C)C)C1. The molecule has 0 spiro atoms. The van der Waals surface area contributed by atoms with Crippen molar-refractivity contribution in [3.63, 3.8) is 0 Å². The average molecular weight is 458 g/mol. The van der Waals surface area contributed by atoms with E-state index in [4.69, 9.17) is 9.15 Å². The summed E-state index contributed by atoms with van der Waals surface area (Å²) in [6, 6.07) is 1.75. The minimum Gasteiger partial charge on any atom is -0.444 e. The van der Waals surface area contributed by atoms with Gasteiger partial charge in [-0.05, 0) is 62.5 Å². The van der Waals surface area contributed by atoms with Crippen molar-refractivity contribution in [2.45, 2.75) is 46.1 Å². The molecule has 0 bridgehead atoms. The maximum atomic E-state index is 12.7. The quantitative estimate of drug-likeness (QED) is 0.661. The summed E-state index contributed by atoms with van der Waals surface area (Å²) in [5.41, 5.74) is 0.199. The van der Waals surface area contributed by atoms with Gasteiger partial charge in [0.15, 0.2) is 10.4 Å². The van der Waals surface area contributed by atoms with Crippen LogP contribution in [0.5, 0.6) is 0 Å². The predicted molar refractivity (Wildman–Crippen MR) is 107 cm³/mol. The number of aryl methyl sites for hydroxylation is 1. The predicted octanol–water partition coefficient (Wildman–Crippen LogP) is 2.84. The molecule has 8 nitrogen and oxygen atoms in total. The molecule has 9 heteroatoms. The number of nitrogens with one attached hydrogen (secondary N) is 2. The van der Waals surface area contributed by atoms with Crippen LogP contribution in [0.4, 0.5) is 4.79 Å². The van der Waals surface area contributed by atoms with Gasteiger partial charge in [-0.1, -0.05) is 0 Å². The van der Waals surface area contributed by atoms with Gasteiger partial charge in [0.2, 0.25) is 5.91 Å². The molecule has 1 aliphatic rings. The van der Waals surface area contributed by atoms with E-state index in [1.807, 2.05) is 6.92 Å². The lowest BCUT2D eigenvalue weighted by Gasteiger charge is -2.31. The first-order valence-corrected chi connectivity index (χ1v) is 10.2. The Bertz CT molecular complexity index is 726. The lowest BCUT2D eigenvalue weighted by Crippen LogP contribution is -2.46. The summed E-state index contributed by atoms with van der Waals surface area (Å²) in [6.07, 6.45) is 0.952. The van der Waals surface area contributed by atoms with Crippen molar-refractivity contribution in [2.75, 3.05) is 26.2 Å². The number of furan rings is 1. The van der Waals surface area contributed by atoms with Crippen molar-refractivity contribution in [3.05, 3.63) is 22.1 Å². The average Bonchev–Trinajstić information content (AvgIpc) is 2.94. The van der Waals surface area contributed by atoms with E-state index in [0.29, 0.717) is 30.1 Å². The number of ether oxygens (including phenoxy) is 1. The number of piperidine rings is 1. The molecule has 1 aromatic heterocycles. The van der Waals surface area contributed by atoms with Crippen molar-refractivity contribution in [3.8, 4) is 0 Å². The molecule has 1 saturated heterocycles. The molecule has 1 atom stereocenters. The van der Waals surface area contributed by atoms with Crippen LogP contribution in [-0.2, 0) is 9.53 Å². The van der Waals surface area contributed by atoms with Crippen molar-refractivity contribution in [2.24, 2.45) is 5.92 Å². The third-order valence-electron chi connectivity index (χ3n) is 4.25. The first-order valence-electron chi connectivity index (χ1n) is 9.36. The highest BCUT2D eigenvalue weighted by Gasteiger charge is 2.30. The second-order valence-corrected chi connectivity index (χ2v) is 8.65. The maximum absolute atomic E-state index is 12.7. The topological polar surface area (TPSA) is 101 Å². The van der Waals surface area contributed by atoms with Crippen LogP contribution >= 0.6 is 15.9 Å². The molecule has 0 aliphatic carbocycles. The van der Waals surface area contributed by atoms with E-state index in [1.165, 1.54) is 0 Å². The van der Waals surface area contributed by atoms with Crippen molar-refractivity contribution >= 4 is 33.8 Å². The largest absolute Gasteiger partial charge is 0.444 e. The number of hydrogen-bond donors (Lipinski definition) is 2. The van der Waals surface area contributed by atoms with E-state index in [9.17, 15) is 14.4 Å². The van der Waals surface area contributed by atoms with Gasteiger partial charge in [0.1, 0.15) is 5.60 Å². The van der Waals surface area contributed by atoms with Crippen LogP contribution in [0.15, 0.2) is 15.2 Å². The molecule has 28 heavy (non-hydrogen) atoms. The fourth-order valence-corrected chi connectivity index (χ4v) is 3.49. The van der Waals surface area contributed by atoms with Crippen molar-refractivity contribution in [1.29, 1.82) is 0 Å². The fourth-order valence-electron chi connectivity index (χ4n) is 2.98. The van der Waals surface area contributed by atoms with E-state index in [2.05, 4.69) is 26.6 Å². The van der Waals surface area contributed by atoms with Gasteiger partial charge in [0, 0.05) is 31.7 Å². The highest BCUT2D eigenvalue weighted by atomic mass is 79.9. The van der Waals surface area contributed by atoms with E-state index in [-0.39, 0.29) is 24.3 Å². The Morgan fingerprint density at radius 2 is 1.96 bits per heavy atom. The van der Waals surface area contributed by atoms with Crippen LogP contribution in [0.2, 0.25) is 0 Å². The number of nitrogens with zero attached hydrogens (tertiary/aromatic N) is 1. The lowest BCUT2D eigenvalue weighted by molar-refractivity contribution is -0.126. The molecule has 0 radical (unpaired) electrons.